The fourth-order valence-corrected chi connectivity index (χ4v) is 5.49. The Labute approximate surface area is 266 Å². The number of carbonyl (C=O) groups excluding carboxylic acids is 3. The van der Waals surface area contributed by atoms with Crippen LogP contribution in [0.15, 0.2) is 60.7 Å². The largest absolute Gasteiger partial charge is 0.482 e. The Balaban J connectivity index is 1.38. The van der Waals surface area contributed by atoms with Gasteiger partial charge in [-0.05, 0) is 43.4 Å². The normalized spacial score (nSPS) is 15.6. The molecule has 242 valence electrons. The van der Waals surface area contributed by atoms with Crippen LogP contribution in [0.1, 0.15) is 41.7 Å². The second kappa shape index (κ2) is 15.2. The number of carbonyl (C=O) groups is 4. The van der Waals surface area contributed by atoms with Gasteiger partial charge in [-0.3, -0.25) is 9.59 Å². The van der Waals surface area contributed by atoms with Gasteiger partial charge in [-0.2, -0.15) is 4.98 Å². The van der Waals surface area contributed by atoms with Crippen molar-refractivity contribution in [3.8, 4) is 23.0 Å². The van der Waals surface area contributed by atoms with Gasteiger partial charge in [0.1, 0.15) is 23.6 Å². The van der Waals surface area contributed by atoms with Crippen molar-refractivity contribution in [2.45, 2.75) is 44.2 Å². The second-order valence-electron chi connectivity index (χ2n) is 11.1. The number of ether oxygens (including phenoxy) is 3. The molecule has 5 rings (SSSR count). The molecule has 2 aliphatic rings. The number of piperazine rings is 1. The van der Waals surface area contributed by atoms with Gasteiger partial charge in [0.05, 0.1) is 7.11 Å². The molecule has 1 atom stereocenters. The van der Waals surface area contributed by atoms with E-state index in [2.05, 4.69) is 15.3 Å². The van der Waals surface area contributed by atoms with E-state index in [0.717, 1.165) is 31.2 Å². The number of rotatable bonds is 11. The van der Waals surface area contributed by atoms with Crippen molar-refractivity contribution >= 4 is 23.9 Å². The Kier molecular flexibility index (Phi) is 10.6. The Morgan fingerprint density at radius 1 is 0.935 bits per heavy atom. The van der Waals surface area contributed by atoms with E-state index in [0.29, 0.717) is 36.1 Å². The third-order valence-corrected chi connectivity index (χ3v) is 7.91. The molecule has 1 aliphatic carbocycles. The third-order valence-electron chi connectivity index (χ3n) is 7.91. The summed E-state index contributed by atoms with van der Waals surface area (Å²) in [5.41, 5.74) is 1.50. The second-order valence-corrected chi connectivity index (χ2v) is 11.1. The number of methoxy groups -OCH3 is 1. The van der Waals surface area contributed by atoms with Crippen molar-refractivity contribution in [1.82, 2.24) is 25.1 Å². The number of hydrogen-bond donors (Lipinski definition) is 2. The molecule has 0 unspecified atom stereocenters. The predicted octanol–water partition coefficient (Wildman–Crippen LogP) is 3.18. The first kappa shape index (κ1) is 32.2. The van der Waals surface area contributed by atoms with E-state index in [4.69, 9.17) is 19.3 Å². The average Bonchev–Trinajstić information content (AvgIpc) is 3.60. The molecular formula is C33H37N5O8. The van der Waals surface area contributed by atoms with Gasteiger partial charge in [0.25, 0.3) is 5.91 Å². The maximum absolute atomic E-state index is 13.9. The molecule has 2 fully saturated rings. The number of hydrogen-bond acceptors (Lipinski definition) is 9. The zero-order valence-corrected chi connectivity index (χ0v) is 25.6. The van der Waals surface area contributed by atoms with E-state index in [1.807, 2.05) is 30.3 Å². The summed E-state index contributed by atoms with van der Waals surface area (Å²) in [6.45, 7) is 0.650. The van der Waals surface area contributed by atoms with Gasteiger partial charge in [0, 0.05) is 44.2 Å². The summed E-state index contributed by atoms with van der Waals surface area (Å²) in [6, 6.07) is 16.5. The minimum Gasteiger partial charge on any atom is -0.482 e. The summed E-state index contributed by atoms with van der Waals surface area (Å²) in [7, 11) is 1.31. The van der Waals surface area contributed by atoms with Crippen LogP contribution in [0.25, 0.3) is 11.4 Å². The molecule has 13 heteroatoms. The molecule has 2 aromatic carbocycles. The van der Waals surface area contributed by atoms with Crippen molar-refractivity contribution in [2.75, 3.05) is 39.9 Å². The Morgan fingerprint density at radius 2 is 1.61 bits per heavy atom. The van der Waals surface area contributed by atoms with Crippen LogP contribution < -0.4 is 14.8 Å². The van der Waals surface area contributed by atoms with E-state index in [9.17, 15) is 19.2 Å². The van der Waals surface area contributed by atoms with Crippen LogP contribution in [0.4, 0.5) is 4.79 Å². The Morgan fingerprint density at radius 3 is 2.26 bits per heavy atom. The van der Waals surface area contributed by atoms with Gasteiger partial charge in [-0.25, -0.2) is 14.6 Å². The highest BCUT2D eigenvalue weighted by atomic mass is 16.5. The lowest BCUT2D eigenvalue weighted by molar-refractivity contribution is -0.139. The Hall–Kier alpha value is -5.20. The molecule has 0 radical (unpaired) electrons. The van der Waals surface area contributed by atoms with Crippen LogP contribution in [-0.2, 0) is 20.7 Å². The Bertz CT molecular complexity index is 1520. The molecule has 1 saturated heterocycles. The highest BCUT2D eigenvalue weighted by molar-refractivity contribution is 5.96. The first-order chi connectivity index (χ1) is 22.3. The van der Waals surface area contributed by atoms with Gasteiger partial charge in [-0.15, -0.1) is 0 Å². The smallest absolute Gasteiger partial charge is 0.409 e. The number of nitrogens with zero attached hydrogens (tertiary/aromatic N) is 4. The number of aromatic nitrogens is 2. The number of carboxylic acids is 1. The third kappa shape index (κ3) is 8.49. The van der Waals surface area contributed by atoms with Crippen molar-refractivity contribution in [3.63, 3.8) is 0 Å². The van der Waals surface area contributed by atoms with Gasteiger partial charge in [0.2, 0.25) is 11.8 Å². The molecule has 13 nitrogen and oxygen atoms in total. The predicted molar refractivity (Wildman–Crippen MR) is 165 cm³/mol. The number of aliphatic carboxylic acids is 1. The lowest BCUT2D eigenvalue weighted by atomic mass is 10.0. The number of benzene rings is 2. The molecule has 0 bridgehead atoms. The van der Waals surface area contributed by atoms with Gasteiger partial charge in [-0.1, -0.05) is 42.5 Å². The average molecular weight is 632 g/mol. The first-order valence-electron chi connectivity index (χ1n) is 15.3. The number of nitrogens with one attached hydrogen (secondary N) is 1. The van der Waals surface area contributed by atoms with Crippen LogP contribution in [0.3, 0.4) is 0 Å². The molecule has 3 amide bonds. The van der Waals surface area contributed by atoms with Gasteiger partial charge >= 0.3 is 12.1 Å². The fourth-order valence-electron chi connectivity index (χ4n) is 5.49. The van der Waals surface area contributed by atoms with Crippen molar-refractivity contribution in [3.05, 3.63) is 71.9 Å². The monoisotopic (exact) mass is 631 g/mol. The molecule has 0 spiro atoms. The molecule has 46 heavy (non-hydrogen) atoms. The molecule has 1 saturated carbocycles. The van der Waals surface area contributed by atoms with Crippen LogP contribution in [0.2, 0.25) is 0 Å². The minimum atomic E-state index is -1.10. The number of carboxylic acid groups (broad SMARTS) is 1. The van der Waals surface area contributed by atoms with Crippen LogP contribution in [0, 0.1) is 0 Å². The van der Waals surface area contributed by atoms with E-state index in [1.165, 1.54) is 18.1 Å². The maximum Gasteiger partial charge on any atom is 0.409 e. The SMILES string of the molecule is COC(=O)N1CCN(C(=O)[C@H](Cc2ccc(OCC(=O)O)cc2)NC(=O)c2cc(OC3CCCC3)nc(-c3ccccc3)n2)CC1. The zero-order valence-electron chi connectivity index (χ0n) is 25.6. The summed E-state index contributed by atoms with van der Waals surface area (Å²) >= 11 is 0. The van der Waals surface area contributed by atoms with Crippen LogP contribution >= 0.6 is 0 Å². The quantitative estimate of drug-likeness (QED) is 0.322. The van der Waals surface area contributed by atoms with Crippen molar-refractivity contribution < 1.29 is 38.5 Å². The van der Waals surface area contributed by atoms with Gasteiger partial charge in [0.15, 0.2) is 12.4 Å². The summed E-state index contributed by atoms with van der Waals surface area (Å²) in [6.07, 6.45) is 3.64. The van der Waals surface area contributed by atoms with Crippen LogP contribution in [-0.4, -0.2) is 101 Å². The maximum atomic E-state index is 13.9. The van der Waals surface area contributed by atoms with E-state index in [-0.39, 0.29) is 37.2 Å². The molecule has 1 aliphatic heterocycles. The zero-order chi connectivity index (χ0) is 32.5. The summed E-state index contributed by atoms with van der Waals surface area (Å²) < 4.78 is 16.2. The molecular weight excluding hydrogens is 594 g/mol. The number of amides is 3. The molecule has 2 N–H and O–H groups in total. The fraction of sp³-hybridized carbons (Fsp3) is 0.394. The van der Waals surface area contributed by atoms with E-state index in [1.54, 1.807) is 29.2 Å². The van der Waals surface area contributed by atoms with Crippen molar-refractivity contribution in [2.24, 2.45) is 0 Å². The van der Waals surface area contributed by atoms with Gasteiger partial charge < -0.3 is 34.4 Å². The van der Waals surface area contributed by atoms with Crippen molar-refractivity contribution in [1.29, 1.82) is 0 Å². The highest BCUT2D eigenvalue weighted by Gasteiger charge is 2.31. The lowest BCUT2D eigenvalue weighted by Gasteiger charge is -2.35. The molecule has 1 aromatic heterocycles. The molecule has 3 aromatic rings. The first-order valence-corrected chi connectivity index (χ1v) is 15.3. The lowest BCUT2D eigenvalue weighted by Crippen LogP contribution is -2.56. The summed E-state index contributed by atoms with van der Waals surface area (Å²) in [5.74, 6) is -0.986. The highest BCUT2D eigenvalue weighted by Crippen LogP contribution is 2.26. The van der Waals surface area contributed by atoms with E-state index >= 15 is 0 Å². The minimum absolute atomic E-state index is 0.00914. The van der Waals surface area contributed by atoms with E-state index < -0.39 is 30.6 Å². The summed E-state index contributed by atoms with van der Waals surface area (Å²) in [4.78, 5) is 62.8. The molecule has 2 heterocycles. The topological polar surface area (TPSA) is 160 Å². The standard InChI is InChI=1S/C33H37N5O8/c1-44-33(43)38-17-15-37(16-18-38)32(42)27(19-22-11-13-24(14-12-22)45-21-29(39)40)35-31(41)26-20-28(46-25-9-5-6-10-25)36-30(34-26)23-7-3-2-4-8-23/h2-4,7-8,11-14,20,25,27H,5-6,9-10,15-19,21H2,1H3,(H,35,41)(H,39,40)/t27-/m0/s1. The summed E-state index contributed by atoms with van der Waals surface area (Å²) in [5, 5.41) is 11.8. The van der Waals surface area contributed by atoms with Crippen LogP contribution in [0.5, 0.6) is 11.6 Å².